The summed E-state index contributed by atoms with van der Waals surface area (Å²) in [7, 11) is 0. The van der Waals surface area contributed by atoms with Gasteiger partial charge < -0.3 is 10.4 Å². The Hall–Kier alpha value is -1.84. The molecule has 2 aromatic carbocycles. The molecular weight excluding hydrogens is 310 g/mol. The molecule has 0 aliphatic rings. The summed E-state index contributed by atoms with van der Waals surface area (Å²) in [6.45, 7) is 3.73. The number of amides is 1. The van der Waals surface area contributed by atoms with Crippen LogP contribution in [0.15, 0.2) is 54.6 Å². The van der Waals surface area contributed by atoms with Gasteiger partial charge in [0.1, 0.15) is 5.60 Å². The maximum absolute atomic E-state index is 12.2. The molecule has 2 unspecified atom stereocenters. The van der Waals surface area contributed by atoms with E-state index in [1.165, 1.54) is 0 Å². The molecule has 0 spiro atoms. The SMILES string of the molecule is CC(Cc1ccccc1)C(=O)NCC(C)(O)c1ccc(Cl)cc1. The zero-order valence-electron chi connectivity index (χ0n) is 13.4. The van der Waals surface area contributed by atoms with E-state index in [1.807, 2.05) is 37.3 Å². The molecule has 0 aliphatic carbocycles. The van der Waals surface area contributed by atoms with Gasteiger partial charge in [-0.25, -0.2) is 0 Å². The van der Waals surface area contributed by atoms with Gasteiger partial charge in [0.2, 0.25) is 5.91 Å². The molecule has 23 heavy (non-hydrogen) atoms. The summed E-state index contributed by atoms with van der Waals surface area (Å²) in [5, 5.41) is 14.0. The van der Waals surface area contributed by atoms with Gasteiger partial charge >= 0.3 is 0 Å². The van der Waals surface area contributed by atoms with Crippen LogP contribution in [0.2, 0.25) is 5.02 Å². The van der Waals surface area contributed by atoms with E-state index in [9.17, 15) is 9.90 Å². The lowest BCUT2D eigenvalue weighted by Crippen LogP contribution is -2.41. The van der Waals surface area contributed by atoms with E-state index < -0.39 is 5.60 Å². The van der Waals surface area contributed by atoms with Crippen LogP contribution < -0.4 is 5.32 Å². The molecule has 0 heterocycles. The summed E-state index contributed by atoms with van der Waals surface area (Å²) in [5.74, 6) is -0.221. The van der Waals surface area contributed by atoms with E-state index in [-0.39, 0.29) is 18.4 Å². The van der Waals surface area contributed by atoms with Crippen LogP contribution in [0.4, 0.5) is 0 Å². The first-order valence-corrected chi connectivity index (χ1v) is 8.06. The molecule has 2 aromatic rings. The maximum Gasteiger partial charge on any atom is 0.223 e. The second kappa shape index (κ2) is 7.62. The first-order chi connectivity index (χ1) is 10.9. The van der Waals surface area contributed by atoms with E-state index in [4.69, 9.17) is 11.6 Å². The lowest BCUT2D eigenvalue weighted by molar-refractivity contribution is -0.125. The van der Waals surface area contributed by atoms with Gasteiger partial charge in [-0.3, -0.25) is 4.79 Å². The second-order valence-corrected chi connectivity index (χ2v) is 6.53. The van der Waals surface area contributed by atoms with Crippen LogP contribution in [-0.4, -0.2) is 17.6 Å². The van der Waals surface area contributed by atoms with Gasteiger partial charge in [0.05, 0.1) is 6.54 Å². The molecule has 0 saturated carbocycles. The summed E-state index contributed by atoms with van der Waals surface area (Å²) in [6, 6.07) is 16.9. The van der Waals surface area contributed by atoms with Crippen molar-refractivity contribution in [2.75, 3.05) is 6.54 Å². The van der Waals surface area contributed by atoms with Crippen molar-refractivity contribution in [1.82, 2.24) is 5.32 Å². The van der Waals surface area contributed by atoms with Crippen LogP contribution in [0.3, 0.4) is 0 Å². The summed E-state index contributed by atoms with van der Waals surface area (Å²) < 4.78 is 0. The number of carbonyl (C=O) groups is 1. The van der Waals surface area contributed by atoms with Crippen molar-refractivity contribution in [2.45, 2.75) is 25.9 Å². The Balaban J connectivity index is 1.91. The third kappa shape index (κ3) is 5.08. The molecule has 0 aromatic heterocycles. The van der Waals surface area contributed by atoms with Crippen molar-refractivity contribution < 1.29 is 9.90 Å². The fourth-order valence-corrected chi connectivity index (χ4v) is 2.53. The lowest BCUT2D eigenvalue weighted by atomic mass is 9.95. The Kier molecular flexibility index (Phi) is 5.80. The maximum atomic E-state index is 12.2. The summed E-state index contributed by atoms with van der Waals surface area (Å²) in [5.41, 5.74) is 0.713. The molecule has 0 bridgehead atoms. The number of benzene rings is 2. The molecule has 2 rings (SSSR count). The summed E-state index contributed by atoms with van der Waals surface area (Å²) in [4.78, 5) is 12.2. The number of halogens is 1. The topological polar surface area (TPSA) is 49.3 Å². The predicted octanol–water partition coefficient (Wildman–Crippen LogP) is 3.54. The highest BCUT2D eigenvalue weighted by Crippen LogP contribution is 2.22. The summed E-state index contributed by atoms with van der Waals surface area (Å²) >= 11 is 5.86. The van der Waals surface area contributed by atoms with Crippen molar-refractivity contribution >= 4 is 17.5 Å². The van der Waals surface area contributed by atoms with Crippen molar-refractivity contribution in [2.24, 2.45) is 5.92 Å². The van der Waals surface area contributed by atoms with Gasteiger partial charge in [-0.2, -0.15) is 0 Å². The number of hydrogen-bond donors (Lipinski definition) is 2. The number of hydrogen-bond acceptors (Lipinski definition) is 2. The number of aliphatic hydroxyl groups is 1. The zero-order valence-corrected chi connectivity index (χ0v) is 14.2. The molecule has 0 radical (unpaired) electrons. The molecule has 3 nitrogen and oxygen atoms in total. The van der Waals surface area contributed by atoms with E-state index in [2.05, 4.69) is 5.32 Å². The quantitative estimate of drug-likeness (QED) is 0.850. The number of rotatable bonds is 6. The molecule has 1 amide bonds. The molecule has 122 valence electrons. The fourth-order valence-electron chi connectivity index (χ4n) is 2.40. The lowest BCUT2D eigenvalue weighted by Gasteiger charge is -2.25. The van der Waals surface area contributed by atoms with Crippen molar-refractivity contribution in [3.63, 3.8) is 0 Å². The average molecular weight is 332 g/mol. The first kappa shape index (κ1) is 17.5. The van der Waals surface area contributed by atoms with Crippen LogP contribution in [-0.2, 0) is 16.8 Å². The minimum atomic E-state index is -1.13. The third-order valence-corrected chi connectivity index (χ3v) is 4.16. The van der Waals surface area contributed by atoms with Gasteiger partial charge in [0.25, 0.3) is 0 Å². The van der Waals surface area contributed by atoms with Gasteiger partial charge in [-0.15, -0.1) is 0 Å². The van der Waals surface area contributed by atoms with Gasteiger partial charge in [0, 0.05) is 10.9 Å². The highest BCUT2D eigenvalue weighted by Gasteiger charge is 2.25. The minimum Gasteiger partial charge on any atom is -0.384 e. The molecule has 0 saturated heterocycles. The monoisotopic (exact) mass is 331 g/mol. The zero-order chi connectivity index (χ0) is 16.9. The van der Waals surface area contributed by atoms with Gasteiger partial charge in [0.15, 0.2) is 0 Å². The smallest absolute Gasteiger partial charge is 0.223 e. The standard InChI is InChI=1S/C19H22ClNO2/c1-14(12-15-6-4-3-5-7-15)18(22)21-13-19(2,23)16-8-10-17(20)11-9-16/h3-11,14,23H,12-13H2,1-2H3,(H,21,22). The van der Waals surface area contributed by atoms with Gasteiger partial charge in [-0.1, -0.05) is 61.0 Å². The third-order valence-electron chi connectivity index (χ3n) is 3.91. The highest BCUT2D eigenvalue weighted by molar-refractivity contribution is 6.30. The van der Waals surface area contributed by atoms with Gasteiger partial charge in [-0.05, 0) is 36.6 Å². The highest BCUT2D eigenvalue weighted by atomic mass is 35.5. The van der Waals surface area contributed by atoms with Crippen LogP contribution >= 0.6 is 11.6 Å². The normalized spacial score (nSPS) is 14.8. The predicted molar refractivity (Wildman–Crippen MR) is 93.3 cm³/mol. The first-order valence-electron chi connectivity index (χ1n) is 7.68. The molecule has 2 atom stereocenters. The van der Waals surface area contributed by atoms with Crippen molar-refractivity contribution in [3.8, 4) is 0 Å². The van der Waals surface area contributed by atoms with Crippen LogP contribution in [0, 0.1) is 5.92 Å². The minimum absolute atomic E-state index is 0.0666. The summed E-state index contributed by atoms with van der Waals surface area (Å²) in [6.07, 6.45) is 0.676. The van der Waals surface area contributed by atoms with E-state index in [0.29, 0.717) is 11.4 Å². The van der Waals surface area contributed by atoms with E-state index in [0.717, 1.165) is 11.1 Å². The Bertz CT molecular complexity index is 638. The van der Waals surface area contributed by atoms with Crippen molar-refractivity contribution in [3.05, 3.63) is 70.7 Å². The van der Waals surface area contributed by atoms with Crippen LogP contribution in [0.1, 0.15) is 25.0 Å². The second-order valence-electron chi connectivity index (χ2n) is 6.09. The van der Waals surface area contributed by atoms with Crippen molar-refractivity contribution in [1.29, 1.82) is 0 Å². The number of nitrogens with one attached hydrogen (secondary N) is 1. The van der Waals surface area contributed by atoms with E-state index >= 15 is 0 Å². The van der Waals surface area contributed by atoms with E-state index in [1.54, 1.807) is 31.2 Å². The molecule has 4 heteroatoms. The molecule has 2 N–H and O–H groups in total. The average Bonchev–Trinajstić information content (AvgIpc) is 2.54. The Morgan fingerprint density at radius 2 is 1.78 bits per heavy atom. The largest absolute Gasteiger partial charge is 0.384 e. The molecular formula is C19H22ClNO2. The molecule has 0 fully saturated rings. The Morgan fingerprint density at radius 3 is 2.39 bits per heavy atom. The van der Waals surface area contributed by atoms with Crippen LogP contribution in [0.5, 0.6) is 0 Å². The van der Waals surface area contributed by atoms with Crippen LogP contribution in [0.25, 0.3) is 0 Å². The Labute approximate surface area is 142 Å². The number of carbonyl (C=O) groups excluding carboxylic acids is 1. The molecule has 0 aliphatic heterocycles. The Morgan fingerprint density at radius 1 is 1.17 bits per heavy atom. The fraction of sp³-hybridized carbons (Fsp3) is 0.316.